The minimum absolute atomic E-state index is 0.0627. The third-order valence-electron chi connectivity index (χ3n) is 3.75. The average molecular weight is 323 g/mol. The lowest BCUT2D eigenvalue weighted by molar-refractivity contribution is 0.0691. The summed E-state index contributed by atoms with van der Waals surface area (Å²) in [7, 11) is 1.58. The standard InChI is InChI=1S/C18H17N3O3/c1-12-3-5-13(6-4-12)11-21-17(16(18(22)23)19-20-21)14-7-9-15(24-2)10-8-14/h3-10H,11H2,1-2H3,(H,22,23). The molecule has 0 bridgehead atoms. The van der Waals surface area contributed by atoms with E-state index in [1.807, 2.05) is 31.2 Å². The largest absolute Gasteiger partial charge is 0.497 e. The molecule has 0 atom stereocenters. The highest BCUT2D eigenvalue weighted by molar-refractivity contribution is 5.92. The van der Waals surface area contributed by atoms with Crippen LogP contribution in [0.3, 0.4) is 0 Å². The molecule has 3 aromatic rings. The highest BCUT2D eigenvalue weighted by atomic mass is 16.5. The number of aryl methyl sites for hydroxylation is 1. The Morgan fingerprint density at radius 2 is 1.79 bits per heavy atom. The van der Waals surface area contributed by atoms with E-state index in [2.05, 4.69) is 10.3 Å². The highest BCUT2D eigenvalue weighted by Gasteiger charge is 2.20. The zero-order valence-electron chi connectivity index (χ0n) is 13.4. The molecule has 122 valence electrons. The van der Waals surface area contributed by atoms with Gasteiger partial charge in [-0.3, -0.25) is 0 Å². The van der Waals surface area contributed by atoms with E-state index in [0.717, 1.165) is 11.1 Å². The van der Waals surface area contributed by atoms with Crippen LogP contribution in [0.1, 0.15) is 21.6 Å². The predicted octanol–water partition coefficient (Wildman–Crippen LogP) is 3.01. The Morgan fingerprint density at radius 3 is 2.38 bits per heavy atom. The summed E-state index contributed by atoms with van der Waals surface area (Å²) in [5.41, 5.74) is 3.33. The van der Waals surface area contributed by atoms with Crippen LogP contribution in [0.2, 0.25) is 0 Å². The van der Waals surface area contributed by atoms with Gasteiger partial charge in [0.2, 0.25) is 0 Å². The summed E-state index contributed by atoms with van der Waals surface area (Å²) in [4.78, 5) is 11.5. The number of carboxylic acid groups (broad SMARTS) is 1. The Morgan fingerprint density at radius 1 is 1.12 bits per heavy atom. The molecule has 24 heavy (non-hydrogen) atoms. The van der Waals surface area contributed by atoms with Crippen molar-refractivity contribution in [3.63, 3.8) is 0 Å². The van der Waals surface area contributed by atoms with E-state index < -0.39 is 5.97 Å². The van der Waals surface area contributed by atoms with Crippen molar-refractivity contribution in [3.05, 3.63) is 65.4 Å². The number of aromatic nitrogens is 3. The molecule has 0 saturated carbocycles. The maximum absolute atomic E-state index is 11.5. The summed E-state index contributed by atoms with van der Waals surface area (Å²) in [5.74, 6) is -0.399. The molecule has 0 spiro atoms. The summed E-state index contributed by atoms with van der Waals surface area (Å²) in [6.45, 7) is 2.46. The van der Waals surface area contributed by atoms with Crippen molar-refractivity contribution in [2.75, 3.05) is 7.11 Å². The van der Waals surface area contributed by atoms with E-state index in [1.54, 1.807) is 36.1 Å². The molecule has 1 heterocycles. The molecule has 0 aliphatic rings. The summed E-state index contributed by atoms with van der Waals surface area (Å²) in [6, 6.07) is 15.2. The van der Waals surface area contributed by atoms with Crippen LogP contribution in [0.4, 0.5) is 0 Å². The molecule has 0 aliphatic carbocycles. The highest BCUT2D eigenvalue weighted by Crippen LogP contribution is 2.25. The second-order valence-electron chi connectivity index (χ2n) is 5.46. The first-order valence-corrected chi connectivity index (χ1v) is 7.45. The Labute approximate surface area is 139 Å². The monoisotopic (exact) mass is 323 g/mol. The molecular weight excluding hydrogens is 306 g/mol. The van der Waals surface area contributed by atoms with Gasteiger partial charge >= 0.3 is 5.97 Å². The molecule has 6 nitrogen and oxygen atoms in total. The van der Waals surface area contributed by atoms with Gasteiger partial charge in [0.15, 0.2) is 5.69 Å². The van der Waals surface area contributed by atoms with Gasteiger partial charge in [-0.05, 0) is 36.8 Å². The first-order valence-electron chi connectivity index (χ1n) is 7.45. The molecule has 6 heteroatoms. The van der Waals surface area contributed by atoms with E-state index >= 15 is 0 Å². The second-order valence-corrected chi connectivity index (χ2v) is 5.46. The fraction of sp³-hybridized carbons (Fsp3) is 0.167. The van der Waals surface area contributed by atoms with Crippen LogP contribution in [0.5, 0.6) is 5.75 Å². The Bertz CT molecular complexity index is 852. The Kier molecular flexibility index (Phi) is 4.29. The lowest BCUT2D eigenvalue weighted by atomic mass is 10.1. The van der Waals surface area contributed by atoms with Crippen LogP contribution < -0.4 is 4.74 Å². The first-order chi connectivity index (χ1) is 11.6. The number of rotatable bonds is 5. The minimum Gasteiger partial charge on any atom is -0.497 e. The van der Waals surface area contributed by atoms with Crippen LogP contribution in [-0.4, -0.2) is 33.2 Å². The molecule has 0 amide bonds. The van der Waals surface area contributed by atoms with Gasteiger partial charge in [-0.2, -0.15) is 0 Å². The lowest BCUT2D eigenvalue weighted by Crippen LogP contribution is -2.06. The molecule has 1 N–H and O–H groups in total. The van der Waals surface area contributed by atoms with Crippen molar-refractivity contribution in [3.8, 4) is 17.0 Å². The maximum atomic E-state index is 11.5. The smallest absolute Gasteiger partial charge is 0.358 e. The van der Waals surface area contributed by atoms with Crippen molar-refractivity contribution < 1.29 is 14.6 Å². The number of nitrogens with zero attached hydrogens (tertiary/aromatic N) is 3. The van der Waals surface area contributed by atoms with Crippen molar-refractivity contribution in [2.45, 2.75) is 13.5 Å². The fourth-order valence-electron chi connectivity index (χ4n) is 2.47. The molecule has 3 rings (SSSR count). The quantitative estimate of drug-likeness (QED) is 0.781. The molecule has 0 saturated heterocycles. The number of hydrogen-bond acceptors (Lipinski definition) is 4. The number of benzene rings is 2. The number of hydrogen-bond donors (Lipinski definition) is 1. The Hall–Kier alpha value is -3.15. The van der Waals surface area contributed by atoms with Crippen LogP contribution in [0.15, 0.2) is 48.5 Å². The van der Waals surface area contributed by atoms with E-state index in [4.69, 9.17) is 4.74 Å². The van der Waals surface area contributed by atoms with Crippen molar-refractivity contribution in [1.82, 2.24) is 15.0 Å². The van der Waals surface area contributed by atoms with Gasteiger partial charge in [0.1, 0.15) is 11.4 Å². The Balaban J connectivity index is 2.03. The van der Waals surface area contributed by atoms with Gasteiger partial charge in [-0.1, -0.05) is 35.0 Å². The predicted molar refractivity (Wildman–Crippen MR) is 89.3 cm³/mol. The van der Waals surface area contributed by atoms with Gasteiger partial charge < -0.3 is 9.84 Å². The summed E-state index contributed by atoms with van der Waals surface area (Å²) < 4.78 is 6.75. The molecule has 0 radical (unpaired) electrons. The maximum Gasteiger partial charge on any atom is 0.358 e. The topological polar surface area (TPSA) is 77.2 Å². The zero-order valence-corrected chi connectivity index (χ0v) is 13.4. The van der Waals surface area contributed by atoms with Gasteiger partial charge in [-0.15, -0.1) is 5.10 Å². The summed E-state index contributed by atoms with van der Waals surface area (Å²) >= 11 is 0. The number of methoxy groups -OCH3 is 1. The molecule has 2 aromatic carbocycles. The van der Waals surface area contributed by atoms with E-state index in [0.29, 0.717) is 18.0 Å². The van der Waals surface area contributed by atoms with Gasteiger partial charge in [0, 0.05) is 5.56 Å². The normalized spacial score (nSPS) is 10.6. The minimum atomic E-state index is -1.10. The molecule has 0 aliphatic heterocycles. The van der Waals surface area contributed by atoms with Crippen molar-refractivity contribution in [2.24, 2.45) is 0 Å². The van der Waals surface area contributed by atoms with Crippen LogP contribution in [0.25, 0.3) is 11.3 Å². The van der Waals surface area contributed by atoms with E-state index in [-0.39, 0.29) is 5.69 Å². The second kappa shape index (κ2) is 6.54. The molecule has 1 aromatic heterocycles. The van der Waals surface area contributed by atoms with Crippen LogP contribution >= 0.6 is 0 Å². The lowest BCUT2D eigenvalue weighted by Gasteiger charge is -2.08. The number of aromatic carboxylic acids is 1. The van der Waals surface area contributed by atoms with Gasteiger partial charge in [-0.25, -0.2) is 9.48 Å². The van der Waals surface area contributed by atoms with Gasteiger partial charge in [0.25, 0.3) is 0 Å². The average Bonchev–Trinajstić information content (AvgIpc) is 3.01. The van der Waals surface area contributed by atoms with Crippen molar-refractivity contribution in [1.29, 1.82) is 0 Å². The van der Waals surface area contributed by atoms with E-state index in [9.17, 15) is 9.90 Å². The van der Waals surface area contributed by atoms with E-state index in [1.165, 1.54) is 5.56 Å². The third-order valence-corrected chi connectivity index (χ3v) is 3.75. The molecule has 0 fully saturated rings. The first kappa shape index (κ1) is 15.7. The number of carbonyl (C=O) groups is 1. The van der Waals surface area contributed by atoms with Crippen LogP contribution in [-0.2, 0) is 6.54 Å². The summed E-state index contributed by atoms with van der Waals surface area (Å²) in [5, 5.41) is 17.3. The number of ether oxygens (including phenoxy) is 1. The number of carboxylic acids is 1. The third kappa shape index (κ3) is 3.12. The zero-order chi connectivity index (χ0) is 17.1. The summed E-state index contributed by atoms with van der Waals surface area (Å²) in [6.07, 6.45) is 0. The SMILES string of the molecule is COc1ccc(-c2c(C(=O)O)nnn2Cc2ccc(C)cc2)cc1. The van der Waals surface area contributed by atoms with Crippen LogP contribution in [0, 0.1) is 6.92 Å². The van der Waals surface area contributed by atoms with Crippen molar-refractivity contribution >= 4 is 5.97 Å². The fourth-order valence-corrected chi connectivity index (χ4v) is 2.47. The molecular formula is C18H17N3O3. The molecule has 0 unspecified atom stereocenters. The van der Waals surface area contributed by atoms with Gasteiger partial charge in [0.05, 0.1) is 13.7 Å².